The fourth-order valence-electron chi connectivity index (χ4n) is 2.78. The highest BCUT2D eigenvalue weighted by Crippen LogP contribution is 2.23. The second kappa shape index (κ2) is 14.4. The molecule has 15 nitrogen and oxygen atoms in total. The van der Waals surface area contributed by atoms with Gasteiger partial charge in [-0.25, -0.2) is 0 Å². The van der Waals surface area contributed by atoms with E-state index in [9.17, 15) is 38.9 Å². The van der Waals surface area contributed by atoms with Gasteiger partial charge in [0.2, 0.25) is 12.6 Å². The number of hydrogen-bond donors (Lipinski definition) is 0. The van der Waals surface area contributed by atoms with Gasteiger partial charge in [0.05, 0.1) is 0 Å². The van der Waals surface area contributed by atoms with Crippen LogP contribution < -0.4 is 0 Å². The number of rotatable bonds is 13. The van der Waals surface area contributed by atoms with E-state index in [1.165, 1.54) is 0 Å². The second-order valence-corrected chi connectivity index (χ2v) is 6.84. The van der Waals surface area contributed by atoms with E-state index < -0.39 is 84.4 Å². The summed E-state index contributed by atoms with van der Waals surface area (Å²) in [5.74, 6) is -5.82. The summed E-state index contributed by atoms with van der Waals surface area (Å²) in [6, 6.07) is 0. The Morgan fingerprint density at radius 2 is 0.941 bits per heavy atom. The first kappa shape index (κ1) is 30.2. The van der Waals surface area contributed by atoms with Crippen LogP contribution in [-0.2, 0) is 57.2 Å². The molecular weight excluding hydrogens is 466 g/mol. The Balaban J connectivity index is 6.76. The molecule has 0 rings (SSSR count). The molecule has 5 atom stereocenters. The minimum atomic E-state index is -1.91. The Labute approximate surface area is 194 Å². The molecule has 34 heavy (non-hydrogen) atoms. The Hall–Kier alpha value is -3.78. The SMILES string of the molecule is CC(=O)OC[C@@H](OC(C)=O)[C@H](OC(C)=O)[C@H](OC(C)=O)[C@@H](OC(C)=O)[C@H](C[N+](=O)[O-])OC(C)=O. The zero-order chi connectivity index (χ0) is 26.6. The minimum Gasteiger partial charge on any atom is -0.462 e. The number of hydrogen-bond acceptors (Lipinski definition) is 14. The lowest BCUT2D eigenvalue weighted by Crippen LogP contribution is -2.57. The summed E-state index contributed by atoms with van der Waals surface area (Å²) >= 11 is 0. The summed E-state index contributed by atoms with van der Waals surface area (Å²) in [7, 11) is 0. The van der Waals surface area contributed by atoms with E-state index in [0.29, 0.717) is 0 Å². The number of ether oxygens (including phenoxy) is 6. The van der Waals surface area contributed by atoms with Crippen LogP contribution in [0.5, 0.6) is 0 Å². The van der Waals surface area contributed by atoms with Gasteiger partial charge in [0, 0.05) is 46.5 Å². The van der Waals surface area contributed by atoms with Gasteiger partial charge >= 0.3 is 35.8 Å². The highest BCUT2D eigenvalue weighted by molar-refractivity contribution is 5.70. The van der Waals surface area contributed by atoms with Crippen molar-refractivity contribution in [3.63, 3.8) is 0 Å². The minimum absolute atomic E-state index is 0.703. The molecule has 0 heterocycles. The van der Waals surface area contributed by atoms with Gasteiger partial charge in [-0.1, -0.05) is 0 Å². The molecule has 0 aromatic rings. The van der Waals surface area contributed by atoms with Crippen molar-refractivity contribution in [2.45, 2.75) is 72.1 Å². The number of carbonyl (C=O) groups excluding carboxylic acids is 6. The molecule has 0 spiro atoms. The predicted octanol–water partition coefficient (Wildman–Crippen LogP) is -0.515. The molecule has 0 aliphatic rings. The maximum Gasteiger partial charge on any atom is 0.303 e. The molecule has 0 aliphatic carbocycles. The van der Waals surface area contributed by atoms with Gasteiger partial charge in [-0.3, -0.25) is 38.9 Å². The highest BCUT2D eigenvalue weighted by Gasteiger charge is 2.49. The van der Waals surface area contributed by atoms with Crippen LogP contribution in [0, 0.1) is 10.1 Å². The molecule has 0 aromatic carbocycles. The zero-order valence-electron chi connectivity index (χ0n) is 19.5. The Bertz CT molecular complexity index is 778. The average Bonchev–Trinajstić information content (AvgIpc) is 2.64. The van der Waals surface area contributed by atoms with E-state index in [0.717, 1.165) is 41.5 Å². The fraction of sp³-hybridized carbons (Fsp3) is 0.684. The summed E-state index contributed by atoms with van der Waals surface area (Å²) in [5.41, 5.74) is 0. The van der Waals surface area contributed by atoms with Crippen molar-refractivity contribution in [1.82, 2.24) is 0 Å². The third-order valence-electron chi connectivity index (χ3n) is 3.70. The molecule has 0 radical (unpaired) electrons. The summed E-state index contributed by atoms with van der Waals surface area (Å²) in [6.45, 7) is 3.90. The van der Waals surface area contributed by atoms with E-state index in [-0.39, 0.29) is 0 Å². The standard InChI is InChI=1S/C19H27NO14/c1-9(21)29-8-16(31-11(3)23)18(33-13(5)25)19(34-14(6)26)17(32-12(4)24)15(7-20(27)28)30-10(2)22/h15-19H,7-8H2,1-6H3/t15-,16+,17-,18-,19+/m0/s1. The highest BCUT2D eigenvalue weighted by atomic mass is 16.7. The maximum atomic E-state index is 11.9. The molecule has 0 fully saturated rings. The first-order chi connectivity index (χ1) is 15.6. The molecule has 0 bridgehead atoms. The van der Waals surface area contributed by atoms with Crippen LogP contribution in [0.3, 0.4) is 0 Å². The van der Waals surface area contributed by atoms with Crippen molar-refractivity contribution in [2.75, 3.05) is 13.2 Å². The smallest absolute Gasteiger partial charge is 0.303 e. The van der Waals surface area contributed by atoms with Gasteiger partial charge in [0.15, 0.2) is 24.4 Å². The van der Waals surface area contributed by atoms with Crippen LogP contribution in [-0.4, -0.2) is 84.4 Å². The van der Waals surface area contributed by atoms with Gasteiger partial charge in [0.1, 0.15) is 6.61 Å². The lowest BCUT2D eigenvalue weighted by Gasteiger charge is -2.36. The van der Waals surface area contributed by atoms with Crippen molar-refractivity contribution >= 4 is 35.8 Å². The maximum absolute atomic E-state index is 11.9. The van der Waals surface area contributed by atoms with Crippen LogP contribution >= 0.6 is 0 Å². The molecule has 0 saturated heterocycles. The van der Waals surface area contributed by atoms with Crippen LogP contribution in [0.15, 0.2) is 0 Å². The normalized spacial score (nSPS) is 14.8. The molecule has 192 valence electrons. The van der Waals surface area contributed by atoms with Crippen LogP contribution in [0.4, 0.5) is 0 Å². The predicted molar refractivity (Wildman–Crippen MR) is 106 cm³/mol. The third-order valence-corrected chi connectivity index (χ3v) is 3.70. The summed E-state index contributed by atoms with van der Waals surface area (Å²) < 4.78 is 30.2. The van der Waals surface area contributed by atoms with Gasteiger partial charge in [-0.05, 0) is 0 Å². The first-order valence-electron chi connectivity index (χ1n) is 9.75. The number of carbonyl (C=O) groups is 6. The van der Waals surface area contributed by atoms with Crippen molar-refractivity contribution in [3.8, 4) is 0 Å². The topological polar surface area (TPSA) is 201 Å². The van der Waals surface area contributed by atoms with Gasteiger partial charge in [-0.15, -0.1) is 0 Å². The first-order valence-corrected chi connectivity index (χ1v) is 9.75. The van der Waals surface area contributed by atoms with Crippen molar-refractivity contribution in [2.24, 2.45) is 0 Å². The monoisotopic (exact) mass is 493 g/mol. The van der Waals surface area contributed by atoms with Gasteiger partial charge < -0.3 is 28.4 Å². The van der Waals surface area contributed by atoms with Crippen molar-refractivity contribution in [3.05, 3.63) is 10.1 Å². The van der Waals surface area contributed by atoms with E-state index in [1.54, 1.807) is 0 Å². The molecule has 0 aliphatic heterocycles. The van der Waals surface area contributed by atoms with E-state index in [4.69, 9.17) is 28.4 Å². The number of nitro groups is 1. The summed E-state index contributed by atoms with van der Waals surface area (Å²) in [6.07, 6.45) is -9.09. The number of nitrogens with zero attached hydrogens (tertiary/aromatic N) is 1. The van der Waals surface area contributed by atoms with E-state index >= 15 is 0 Å². The largest absolute Gasteiger partial charge is 0.462 e. The van der Waals surface area contributed by atoms with Crippen LogP contribution in [0.1, 0.15) is 41.5 Å². The van der Waals surface area contributed by atoms with E-state index in [1.807, 2.05) is 0 Å². The third kappa shape index (κ3) is 12.3. The number of esters is 6. The molecule has 0 unspecified atom stereocenters. The molecule has 0 amide bonds. The van der Waals surface area contributed by atoms with Gasteiger partial charge in [0.25, 0.3) is 0 Å². The van der Waals surface area contributed by atoms with Crippen molar-refractivity contribution < 1.29 is 62.1 Å². The molecule has 0 saturated carbocycles. The zero-order valence-corrected chi connectivity index (χ0v) is 19.5. The summed E-state index contributed by atoms with van der Waals surface area (Å²) in [4.78, 5) is 80.3. The quantitative estimate of drug-likeness (QED) is 0.137. The summed E-state index contributed by atoms with van der Waals surface area (Å²) in [5, 5.41) is 11.2. The Morgan fingerprint density at radius 1 is 0.588 bits per heavy atom. The lowest BCUT2D eigenvalue weighted by molar-refractivity contribution is -0.493. The van der Waals surface area contributed by atoms with Crippen molar-refractivity contribution in [1.29, 1.82) is 0 Å². The molecular formula is C19H27NO14. The van der Waals surface area contributed by atoms with E-state index in [2.05, 4.69) is 0 Å². The Morgan fingerprint density at radius 3 is 1.29 bits per heavy atom. The Kier molecular flexibility index (Phi) is 12.8. The molecule has 15 heteroatoms. The molecule has 0 N–H and O–H groups in total. The lowest BCUT2D eigenvalue weighted by atomic mass is 9.97. The van der Waals surface area contributed by atoms with Crippen LogP contribution in [0.2, 0.25) is 0 Å². The van der Waals surface area contributed by atoms with Gasteiger partial charge in [-0.2, -0.15) is 0 Å². The second-order valence-electron chi connectivity index (χ2n) is 6.84. The fourth-order valence-corrected chi connectivity index (χ4v) is 2.78. The van der Waals surface area contributed by atoms with Crippen LogP contribution in [0.25, 0.3) is 0 Å². The molecule has 0 aromatic heterocycles. The average molecular weight is 493 g/mol.